The van der Waals surface area contributed by atoms with Crippen LogP contribution in [0.2, 0.25) is 0 Å². The van der Waals surface area contributed by atoms with Gasteiger partial charge in [0, 0.05) is 30.2 Å². The molecule has 0 N–H and O–H groups in total. The van der Waals surface area contributed by atoms with Crippen LogP contribution in [0.15, 0.2) is 23.1 Å². The molecule has 0 aromatic heterocycles. The smallest absolute Gasteiger partial charge is 0.223 e. The van der Waals surface area contributed by atoms with Crippen LogP contribution in [0.1, 0.15) is 36.8 Å². The molecule has 19 heavy (non-hydrogen) atoms. The molecule has 2 nitrogen and oxygen atoms in total. The van der Waals surface area contributed by atoms with Gasteiger partial charge in [-0.3, -0.25) is 4.79 Å². The van der Waals surface area contributed by atoms with Crippen LogP contribution in [0.3, 0.4) is 0 Å². The van der Waals surface area contributed by atoms with Crippen molar-refractivity contribution in [3.63, 3.8) is 0 Å². The van der Waals surface area contributed by atoms with E-state index in [1.165, 1.54) is 35.3 Å². The summed E-state index contributed by atoms with van der Waals surface area (Å²) in [6.07, 6.45) is 4.30. The second kappa shape index (κ2) is 6.99. The van der Waals surface area contributed by atoms with Crippen molar-refractivity contribution >= 4 is 17.7 Å². The lowest BCUT2D eigenvalue weighted by molar-refractivity contribution is -0.131. The predicted octanol–water partition coefficient (Wildman–Crippen LogP) is 3.80. The Balaban J connectivity index is 1.76. The highest BCUT2D eigenvalue weighted by molar-refractivity contribution is 7.99. The second-order valence-electron chi connectivity index (χ2n) is 5.29. The maximum atomic E-state index is 12.0. The van der Waals surface area contributed by atoms with Gasteiger partial charge in [0.2, 0.25) is 5.91 Å². The summed E-state index contributed by atoms with van der Waals surface area (Å²) < 4.78 is 0. The van der Waals surface area contributed by atoms with Crippen molar-refractivity contribution in [3.05, 3.63) is 29.3 Å². The van der Waals surface area contributed by atoms with E-state index < -0.39 is 0 Å². The molecule has 104 valence electrons. The topological polar surface area (TPSA) is 20.3 Å². The monoisotopic (exact) mass is 277 g/mol. The van der Waals surface area contributed by atoms with Crippen molar-refractivity contribution in [3.8, 4) is 0 Å². The summed E-state index contributed by atoms with van der Waals surface area (Å²) in [6.45, 7) is 6.20. The van der Waals surface area contributed by atoms with E-state index in [1.54, 1.807) is 11.8 Å². The number of hydrogen-bond acceptors (Lipinski definition) is 2. The highest BCUT2D eigenvalue weighted by Crippen LogP contribution is 2.22. The fourth-order valence-electron chi connectivity index (χ4n) is 2.36. The molecule has 0 unspecified atom stereocenters. The van der Waals surface area contributed by atoms with Gasteiger partial charge in [0.05, 0.1) is 0 Å². The van der Waals surface area contributed by atoms with Crippen molar-refractivity contribution < 1.29 is 4.79 Å². The first-order chi connectivity index (χ1) is 9.16. The number of likely N-dealkylation sites (tertiary alicyclic amines) is 1. The highest BCUT2D eigenvalue weighted by atomic mass is 32.2. The fraction of sp³-hybridized carbons (Fsp3) is 0.562. The molecule has 0 spiro atoms. The number of rotatable bonds is 4. The van der Waals surface area contributed by atoms with Crippen LogP contribution in [0.25, 0.3) is 0 Å². The number of nitrogens with zero attached hydrogens (tertiary/aromatic N) is 1. The first-order valence-corrected chi connectivity index (χ1v) is 8.13. The van der Waals surface area contributed by atoms with Gasteiger partial charge < -0.3 is 4.90 Å². The highest BCUT2D eigenvalue weighted by Gasteiger charge is 2.15. The van der Waals surface area contributed by atoms with Gasteiger partial charge in [0.1, 0.15) is 0 Å². The molecule has 1 saturated heterocycles. The van der Waals surface area contributed by atoms with Crippen LogP contribution < -0.4 is 0 Å². The fourth-order valence-corrected chi connectivity index (χ4v) is 3.30. The average Bonchev–Trinajstić information content (AvgIpc) is 2.43. The molecule has 2 rings (SSSR count). The van der Waals surface area contributed by atoms with Gasteiger partial charge in [-0.05, 0) is 56.4 Å². The van der Waals surface area contributed by atoms with Crippen molar-refractivity contribution in [2.45, 2.75) is 44.4 Å². The summed E-state index contributed by atoms with van der Waals surface area (Å²) in [5.41, 5.74) is 2.65. The first kappa shape index (κ1) is 14.4. The number of aryl methyl sites for hydroxylation is 2. The summed E-state index contributed by atoms with van der Waals surface area (Å²) in [6, 6.07) is 6.52. The lowest BCUT2D eigenvalue weighted by Gasteiger charge is -2.26. The molecule has 0 radical (unpaired) electrons. The van der Waals surface area contributed by atoms with E-state index in [1.807, 2.05) is 4.90 Å². The SMILES string of the molecule is Cc1ccc(SCCC(=O)N2CCCCC2)cc1C. The van der Waals surface area contributed by atoms with Gasteiger partial charge in [-0.25, -0.2) is 0 Å². The van der Waals surface area contributed by atoms with Gasteiger partial charge in [-0.15, -0.1) is 11.8 Å². The minimum Gasteiger partial charge on any atom is -0.343 e. The average molecular weight is 277 g/mol. The third kappa shape index (κ3) is 4.27. The zero-order chi connectivity index (χ0) is 13.7. The van der Waals surface area contributed by atoms with Crippen LogP contribution in [-0.4, -0.2) is 29.6 Å². The number of piperidine rings is 1. The van der Waals surface area contributed by atoms with Crippen LogP contribution in [0.5, 0.6) is 0 Å². The molecule has 0 bridgehead atoms. The summed E-state index contributed by atoms with van der Waals surface area (Å²) in [7, 11) is 0. The molecule has 3 heteroatoms. The quantitative estimate of drug-likeness (QED) is 0.780. The first-order valence-electron chi connectivity index (χ1n) is 7.14. The van der Waals surface area contributed by atoms with Crippen LogP contribution in [-0.2, 0) is 4.79 Å². The van der Waals surface area contributed by atoms with Gasteiger partial charge in [0.15, 0.2) is 0 Å². The second-order valence-corrected chi connectivity index (χ2v) is 6.45. The van der Waals surface area contributed by atoms with Gasteiger partial charge in [-0.2, -0.15) is 0 Å². The Labute approximate surface area is 120 Å². The molecule has 1 aromatic carbocycles. The Bertz CT molecular complexity index is 438. The minimum absolute atomic E-state index is 0.330. The van der Waals surface area contributed by atoms with Crippen molar-refractivity contribution in [2.24, 2.45) is 0 Å². The maximum Gasteiger partial charge on any atom is 0.223 e. The van der Waals surface area contributed by atoms with Crippen LogP contribution in [0.4, 0.5) is 0 Å². The Kier molecular flexibility index (Phi) is 5.32. The molecule has 1 aliphatic rings. The van der Waals surface area contributed by atoms with Crippen molar-refractivity contribution in [1.82, 2.24) is 4.90 Å². The van der Waals surface area contributed by atoms with Gasteiger partial charge in [-0.1, -0.05) is 6.07 Å². The number of amides is 1. The summed E-state index contributed by atoms with van der Waals surface area (Å²) in [5, 5.41) is 0. The molecule has 0 aliphatic carbocycles. The van der Waals surface area contributed by atoms with E-state index in [4.69, 9.17) is 0 Å². The summed E-state index contributed by atoms with van der Waals surface area (Å²) in [4.78, 5) is 15.3. The van der Waals surface area contributed by atoms with E-state index in [0.717, 1.165) is 18.8 Å². The number of thioether (sulfide) groups is 1. The molecule has 1 aliphatic heterocycles. The third-order valence-electron chi connectivity index (χ3n) is 3.77. The molecular weight excluding hydrogens is 254 g/mol. The van der Waals surface area contributed by atoms with Crippen LogP contribution >= 0.6 is 11.8 Å². The molecule has 1 heterocycles. The molecular formula is C16H23NOS. The van der Waals surface area contributed by atoms with E-state index in [-0.39, 0.29) is 0 Å². The minimum atomic E-state index is 0.330. The molecule has 1 fully saturated rings. The lowest BCUT2D eigenvalue weighted by atomic mass is 10.1. The van der Waals surface area contributed by atoms with Crippen molar-refractivity contribution in [1.29, 1.82) is 0 Å². The summed E-state index contributed by atoms with van der Waals surface area (Å²) >= 11 is 1.79. The van der Waals surface area contributed by atoms with E-state index in [2.05, 4.69) is 32.0 Å². The van der Waals surface area contributed by atoms with E-state index in [9.17, 15) is 4.79 Å². The lowest BCUT2D eigenvalue weighted by Crippen LogP contribution is -2.35. The van der Waals surface area contributed by atoms with E-state index >= 15 is 0 Å². The third-order valence-corrected chi connectivity index (χ3v) is 4.77. The molecule has 1 amide bonds. The number of benzene rings is 1. The van der Waals surface area contributed by atoms with Crippen LogP contribution in [0, 0.1) is 13.8 Å². The molecule has 0 atom stereocenters. The Hall–Kier alpha value is -0.960. The molecule has 0 saturated carbocycles. The molecule has 1 aromatic rings. The normalized spacial score (nSPS) is 15.6. The predicted molar refractivity (Wildman–Crippen MR) is 81.7 cm³/mol. The zero-order valence-electron chi connectivity index (χ0n) is 11.9. The number of carbonyl (C=O) groups is 1. The summed E-state index contributed by atoms with van der Waals surface area (Å²) in [5.74, 6) is 1.22. The largest absolute Gasteiger partial charge is 0.343 e. The van der Waals surface area contributed by atoms with Gasteiger partial charge in [0.25, 0.3) is 0 Å². The number of carbonyl (C=O) groups excluding carboxylic acids is 1. The van der Waals surface area contributed by atoms with Gasteiger partial charge >= 0.3 is 0 Å². The zero-order valence-corrected chi connectivity index (χ0v) is 12.8. The van der Waals surface area contributed by atoms with E-state index in [0.29, 0.717) is 12.3 Å². The standard InChI is InChI=1S/C16H23NOS/c1-13-6-7-15(12-14(13)2)19-11-8-16(18)17-9-4-3-5-10-17/h6-7,12H,3-5,8-11H2,1-2H3. The number of hydrogen-bond donors (Lipinski definition) is 0. The van der Waals surface area contributed by atoms with Crippen molar-refractivity contribution in [2.75, 3.05) is 18.8 Å². The Morgan fingerprint density at radius 1 is 1.16 bits per heavy atom. The Morgan fingerprint density at radius 3 is 2.58 bits per heavy atom. The Morgan fingerprint density at radius 2 is 1.89 bits per heavy atom. The maximum absolute atomic E-state index is 12.0.